The van der Waals surface area contributed by atoms with Crippen molar-refractivity contribution in [3.05, 3.63) is 64.2 Å². The number of aryl methyl sites for hydroxylation is 1. The highest BCUT2D eigenvalue weighted by Crippen LogP contribution is 2.29. The summed E-state index contributed by atoms with van der Waals surface area (Å²) in [6, 6.07) is 7.78. The first-order valence-electron chi connectivity index (χ1n) is 9.04. The summed E-state index contributed by atoms with van der Waals surface area (Å²) in [6.07, 6.45) is 5.69. The van der Waals surface area contributed by atoms with Gasteiger partial charge in [0.15, 0.2) is 17.4 Å². The highest BCUT2D eigenvalue weighted by Gasteiger charge is 2.18. The topological polar surface area (TPSA) is 9.23 Å². The smallest absolute Gasteiger partial charge is 0.387 e. The number of hydrogen-bond donors (Lipinski definition) is 0. The molecular weight excluding hydrogens is 356 g/mol. The highest BCUT2D eigenvalue weighted by molar-refractivity contribution is 5.47. The van der Waals surface area contributed by atoms with Gasteiger partial charge in [0.05, 0.1) is 0 Å². The van der Waals surface area contributed by atoms with Crippen molar-refractivity contribution in [1.29, 1.82) is 0 Å². The third-order valence-electron chi connectivity index (χ3n) is 4.79. The Morgan fingerprint density at radius 1 is 1.04 bits per heavy atom. The van der Waals surface area contributed by atoms with Gasteiger partial charge in [-0.3, -0.25) is 0 Å². The summed E-state index contributed by atoms with van der Waals surface area (Å²) in [5.74, 6) is 2.82. The summed E-state index contributed by atoms with van der Waals surface area (Å²) < 4.78 is 55.7. The van der Waals surface area contributed by atoms with E-state index >= 15 is 0 Å². The van der Waals surface area contributed by atoms with E-state index in [2.05, 4.69) is 29.6 Å². The van der Waals surface area contributed by atoms with Crippen molar-refractivity contribution in [1.82, 2.24) is 0 Å². The number of ether oxygens (including phenoxy) is 1. The Bertz CT molecular complexity index is 857. The molecule has 5 heteroatoms. The lowest BCUT2D eigenvalue weighted by molar-refractivity contribution is -0.0546. The predicted molar refractivity (Wildman–Crippen MR) is 95.8 cm³/mol. The van der Waals surface area contributed by atoms with Crippen LogP contribution in [0, 0.1) is 29.4 Å². The number of alkyl halides is 2. The van der Waals surface area contributed by atoms with Crippen molar-refractivity contribution >= 4 is 0 Å². The van der Waals surface area contributed by atoms with Crippen molar-refractivity contribution in [2.24, 2.45) is 5.92 Å². The van der Waals surface area contributed by atoms with Gasteiger partial charge in [-0.25, -0.2) is 8.78 Å². The summed E-state index contributed by atoms with van der Waals surface area (Å²) in [4.78, 5) is 0. The molecule has 1 aliphatic rings. The Kier molecular flexibility index (Phi) is 6.05. The van der Waals surface area contributed by atoms with E-state index in [1.54, 1.807) is 0 Å². The zero-order valence-corrected chi connectivity index (χ0v) is 15.0. The van der Waals surface area contributed by atoms with Gasteiger partial charge < -0.3 is 4.74 Å². The van der Waals surface area contributed by atoms with E-state index in [0.29, 0.717) is 0 Å². The average molecular weight is 376 g/mol. The first kappa shape index (κ1) is 19.3. The van der Waals surface area contributed by atoms with E-state index in [9.17, 15) is 17.6 Å². The molecule has 1 unspecified atom stereocenters. The van der Waals surface area contributed by atoms with Crippen LogP contribution in [0.3, 0.4) is 0 Å². The second-order valence-electron chi connectivity index (χ2n) is 6.78. The summed E-state index contributed by atoms with van der Waals surface area (Å²) >= 11 is 0. The van der Waals surface area contributed by atoms with Gasteiger partial charge in [0, 0.05) is 11.1 Å². The SMILES string of the molecule is CCCC1CCc2cc(C#Cc3cc(F)c(OC(F)F)c(F)c3)ccc2C1. The molecule has 27 heavy (non-hydrogen) atoms. The first-order chi connectivity index (χ1) is 13.0. The number of halogens is 4. The number of fused-ring (bicyclic) bond motifs is 1. The second kappa shape index (κ2) is 8.47. The van der Waals surface area contributed by atoms with Gasteiger partial charge in [0.1, 0.15) is 0 Å². The molecule has 0 heterocycles. The molecule has 142 valence electrons. The summed E-state index contributed by atoms with van der Waals surface area (Å²) in [5, 5.41) is 0. The van der Waals surface area contributed by atoms with Crippen LogP contribution >= 0.6 is 0 Å². The van der Waals surface area contributed by atoms with E-state index in [4.69, 9.17) is 0 Å². The standard InChI is InChI=1S/C22H20F4O/c1-2-3-14-6-8-18-11-15(7-9-17(18)10-14)4-5-16-12-19(23)21(20(24)13-16)27-22(25)26/h7,9,11-14,22H,2-3,6,8,10H2,1H3. The lowest BCUT2D eigenvalue weighted by atomic mass is 9.81. The third-order valence-corrected chi connectivity index (χ3v) is 4.79. The fourth-order valence-corrected chi connectivity index (χ4v) is 3.54. The predicted octanol–water partition coefficient (Wildman–Crippen LogP) is 5.87. The fourth-order valence-electron chi connectivity index (χ4n) is 3.54. The maximum Gasteiger partial charge on any atom is 0.387 e. The molecule has 1 nitrogen and oxygen atoms in total. The Balaban J connectivity index is 1.79. The van der Waals surface area contributed by atoms with Crippen LogP contribution in [0.5, 0.6) is 5.75 Å². The van der Waals surface area contributed by atoms with Crippen LogP contribution in [-0.2, 0) is 12.8 Å². The Labute approximate surface area is 156 Å². The monoisotopic (exact) mass is 376 g/mol. The molecule has 2 aromatic rings. The van der Waals surface area contributed by atoms with Crippen molar-refractivity contribution < 1.29 is 22.3 Å². The Morgan fingerprint density at radius 3 is 2.41 bits per heavy atom. The number of rotatable bonds is 4. The van der Waals surface area contributed by atoms with E-state index in [0.717, 1.165) is 36.5 Å². The minimum absolute atomic E-state index is 0.0624. The maximum atomic E-state index is 13.8. The van der Waals surface area contributed by atoms with Crippen LogP contribution in [0.4, 0.5) is 17.6 Å². The van der Waals surface area contributed by atoms with E-state index in [1.165, 1.54) is 30.4 Å². The van der Waals surface area contributed by atoms with Crippen molar-refractivity contribution in [3.63, 3.8) is 0 Å². The number of hydrogen-bond acceptors (Lipinski definition) is 1. The van der Waals surface area contributed by atoms with Crippen molar-refractivity contribution in [2.45, 2.75) is 45.6 Å². The number of benzene rings is 2. The molecule has 0 amide bonds. The van der Waals surface area contributed by atoms with Crippen molar-refractivity contribution in [3.8, 4) is 17.6 Å². The maximum absolute atomic E-state index is 13.8. The van der Waals surface area contributed by atoms with Crippen LogP contribution in [0.2, 0.25) is 0 Å². The van der Waals surface area contributed by atoms with Gasteiger partial charge in [0.2, 0.25) is 0 Å². The molecule has 0 saturated heterocycles. The van der Waals surface area contributed by atoms with Crippen LogP contribution < -0.4 is 4.74 Å². The Morgan fingerprint density at radius 2 is 1.74 bits per heavy atom. The van der Waals surface area contributed by atoms with Gasteiger partial charge >= 0.3 is 6.61 Å². The molecule has 0 aliphatic heterocycles. The quantitative estimate of drug-likeness (QED) is 0.479. The minimum atomic E-state index is -3.29. The van der Waals surface area contributed by atoms with Crippen LogP contribution in [-0.4, -0.2) is 6.61 Å². The van der Waals surface area contributed by atoms with E-state index in [1.807, 2.05) is 12.1 Å². The van der Waals surface area contributed by atoms with Crippen LogP contribution in [0.15, 0.2) is 30.3 Å². The molecule has 1 aliphatic carbocycles. The molecule has 0 radical (unpaired) electrons. The largest absolute Gasteiger partial charge is 0.429 e. The van der Waals surface area contributed by atoms with Crippen LogP contribution in [0.25, 0.3) is 0 Å². The zero-order valence-electron chi connectivity index (χ0n) is 15.0. The summed E-state index contributed by atoms with van der Waals surface area (Å²) in [7, 11) is 0. The highest BCUT2D eigenvalue weighted by atomic mass is 19.3. The molecule has 0 fully saturated rings. The zero-order chi connectivity index (χ0) is 19.4. The second-order valence-corrected chi connectivity index (χ2v) is 6.78. The van der Waals surface area contributed by atoms with Crippen molar-refractivity contribution in [2.75, 3.05) is 0 Å². The fraction of sp³-hybridized carbons (Fsp3) is 0.364. The lowest BCUT2D eigenvalue weighted by Crippen LogP contribution is -2.14. The molecule has 0 bridgehead atoms. The molecule has 0 saturated carbocycles. The van der Waals surface area contributed by atoms with Gasteiger partial charge in [-0.2, -0.15) is 8.78 Å². The summed E-state index contributed by atoms with van der Waals surface area (Å²) in [6.45, 7) is -1.09. The molecule has 0 N–H and O–H groups in total. The van der Waals surface area contributed by atoms with E-state index in [-0.39, 0.29) is 5.56 Å². The van der Waals surface area contributed by atoms with Gasteiger partial charge in [-0.15, -0.1) is 0 Å². The Hall–Kier alpha value is -2.48. The van der Waals surface area contributed by atoms with Gasteiger partial charge in [0.25, 0.3) is 0 Å². The molecular formula is C22H20F4O. The summed E-state index contributed by atoms with van der Waals surface area (Å²) in [5.41, 5.74) is 3.44. The molecule has 2 aromatic carbocycles. The molecule has 0 aromatic heterocycles. The lowest BCUT2D eigenvalue weighted by Gasteiger charge is -2.24. The average Bonchev–Trinajstić information content (AvgIpc) is 2.63. The first-order valence-corrected chi connectivity index (χ1v) is 9.04. The molecule has 0 spiro atoms. The van der Waals surface area contributed by atoms with Gasteiger partial charge in [-0.05, 0) is 60.6 Å². The molecule has 1 atom stereocenters. The van der Waals surface area contributed by atoms with Crippen LogP contribution in [0.1, 0.15) is 48.4 Å². The van der Waals surface area contributed by atoms with Gasteiger partial charge in [-0.1, -0.05) is 37.7 Å². The molecule has 3 rings (SSSR count). The minimum Gasteiger partial charge on any atom is -0.429 e. The third kappa shape index (κ3) is 4.82. The van der Waals surface area contributed by atoms with E-state index < -0.39 is 24.0 Å². The normalized spacial score (nSPS) is 15.9.